The lowest BCUT2D eigenvalue weighted by Gasteiger charge is -2.13. The number of nitrogens with zero attached hydrogens (tertiary/aromatic N) is 2. The van der Waals surface area contributed by atoms with E-state index in [0.717, 1.165) is 0 Å². The summed E-state index contributed by atoms with van der Waals surface area (Å²) >= 11 is 0. The number of rotatable bonds is 10. The molecule has 1 N–H and O–H groups in total. The van der Waals surface area contributed by atoms with Crippen molar-refractivity contribution in [3.05, 3.63) is 48.4 Å². The van der Waals surface area contributed by atoms with Crippen LogP contribution in [0.15, 0.2) is 51.9 Å². The van der Waals surface area contributed by atoms with Gasteiger partial charge < -0.3 is 23.5 Å². The van der Waals surface area contributed by atoms with Gasteiger partial charge in [0.15, 0.2) is 18.1 Å². The zero-order chi connectivity index (χ0) is 24.0. The van der Waals surface area contributed by atoms with Gasteiger partial charge in [-0.3, -0.25) is 4.79 Å². The maximum atomic E-state index is 12.5. The number of esters is 1. The molecule has 1 aromatic heterocycles. The van der Waals surface area contributed by atoms with Crippen LogP contribution in [0, 0.1) is 0 Å². The van der Waals surface area contributed by atoms with Crippen LogP contribution in [0.1, 0.15) is 12.8 Å². The fraction of sp³-hybridized carbons (Fsp3) is 0.286. The molecular weight excluding hydrogens is 454 g/mol. The second kappa shape index (κ2) is 10.3. The Morgan fingerprint density at radius 1 is 1.03 bits per heavy atom. The normalized spacial score (nSPS) is 12.1. The summed E-state index contributed by atoms with van der Waals surface area (Å²) in [5.41, 5.74) is 0.606. The van der Waals surface area contributed by atoms with Crippen LogP contribution < -0.4 is 18.9 Å². The topological polar surface area (TPSA) is 139 Å². The summed E-state index contributed by atoms with van der Waals surface area (Å²) in [6, 6.07) is 9.69. The molecule has 0 aliphatic heterocycles. The highest BCUT2D eigenvalue weighted by Gasteiger charge is 2.24. The molecular formula is C21H23N3O8S. The lowest BCUT2D eigenvalue weighted by atomic mass is 10.2. The summed E-state index contributed by atoms with van der Waals surface area (Å²) in [7, 11) is 0.567. The van der Waals surface area contributed by atoms with E-state index < -0.39 is 22.0 Å². The fourth-order valence-electron chi connectivity index (χ4n) is 2.77. The van der Waals surface area contributed by atoms with Crippen molar-refractivity contribution in [2.24, 2.45) is 0 Å². The molecule has 1 heterocycles. The van der Waals surface area contributed by atoms with Crippen molar-refractivity contribution in [1.82, 2.24) is 14.9 Å². The molecule has 11 nitrogen and oxygen atoms in total. The van der Waals surface area contributed by atoms with Crippen LogP contribution in [-0.4, -0.2) is 51.9 Å². The molecule has 33 heavy (non-hydrogen) atoms. The van der Waals surface area contributed by atoms with Crippen molar-refractivity contribution in [2.45, 2.75) is 24.5 Å². The van der Waals surface area contributed by atoms with Gasteiger partial charge in [-0.15, -0.1) is 0 Å². The predicted molar refractivity (Wildman–Crippen MR) is 115 cm³/mol. The van der Waals surface area contributed by atoms with E-state index in [-0.39, 0.29) is 23.2 Å². The van der Waals surface area contributed by atoms with E-state index in [2.05, 4.69) is 14.9 Å². The maximum Gasteiger partial charge on any atom is 0.324 e. The fourth-order valence-corrected chi connectivity index (χ4v) is 3.96. The van der Waals surface area contributed by atoms with Crippen molar-refractivity contribution in [2.75, 3.05) is 21.3 Å². The number of ether oxygens (including phenoxy) is 4. The van der Waals surface area contributed by atoms with Gasteiger partial charge in [-0.25, -0.2) is 8.42 Å². The molecule has 3 aromatic rings. The Balaban J connectivity index is 1.60. The summed E-state index contributed by atoms with van der Waals surface area (Å²) in [4.78, 5) is 16.4. The molecule has 3 rings (SSSR count). The van der Waals surface area contributed by atoms with Crippen molar-refractivity contribution in [1.29, 1.82) is 0 Å². The molecule has 0 saturated heterocycles. The summed E-state index contributed by atoms with van der Waals surface area (Å²) in [5.74, 6) is 1.04. The van der Waals surface area contributed by atoms with Crippen LogP contribution in [0.25, 0.3) is 11.4 Å². The number of hydrogen-bond donors (Lipinski definition) is 1. The Hall–Kier alpha value is -3.64. The minimum Gasteiger partial charge on any atom is -0.497 e. The minimum absolute atomic E-state index is 0.0144. The number of aromatic nitrogens is 2. The van der Waals surface area contributed by atoms with E-state index in [1.807, 2.05) is 0 Å². The van der Waals surface area contributed by atoms with E-state index in [0.29, 0.717) is 22.8 Å². The van der Waals surface area contributed by atoms with Crippen LogP contribution in [-0.2, 0) is 26.2 Å². The molecule has 0 aliphatic rings. The molecule has 0 saturated carbocycles. The van der Waals surface area contributed by atoms with Crippen molar-refractivity contribution >= 4 is 16.0 Å². The molecule has 176 valence electrons. The molecule has 0 spiro atoms. The highest BCUT2D eigenvalue weighted by atomic mass is 32.2. The van der Waals surface area contributed by atoms with Crippen molar-refractivity contribution in [3.63, 3.8) is 0 Å². The van der Waals surface area contributed by atoms with E-state index in [4.69, 9.17) is 23.5 Å². The molecule has 0 unspecified atom stereocenters. The van der Waals surface area contributed by atoms with Gasteiger partial charge in [-0.05, 0) is 49.4 Å². The lowest BCUT2D eigenvalue weighted by molar-refractivity contribution is -0.147. The highest BCUT2D eigenvalue weighted by Crippen LogP contribution is 2.31. The van der Waals surface area contributed by atoms with Crippen LogP contribution in [0.2, 0.25) is 0 Å². The second-order valence-corrected chi connectivity index (χ2v) is 8.42. The molecule has 0 bridgehead atoms. The first kappa shape index (κ1) is 24.0. The predicted octanol–water partition coefficient (Wildman–Crippen LogP) is 2.17. The first-order valence-electron chi connectivity index (χ1n) is 9.65. The standard InChI is InChI=1S/C21H23N3O8S/c1-13(24-33(26,27)16-8-6-15(28-2)7-9-16)21(25)31-12-19-22-20(23-32-19)14-5-10-17(29-3)18(11-14)30-4/h5-11,13,24H,12H2,1-4H3/t13-/m0/s1. The van der Waals surface area contributed by atoms with E-state index >= 15 is 0 Å². The Kier molecular flexibility index (Phi) is 7.51. The monoisotopic (exact) mass is 477 g/mol. The number of carbonyl (C=O) groups is 1. The number of benzene rings is 2. The maximum absolute atomic E-state index is 12.5. The SMILES string of the molecule is COc1ccc(S(=O)(=O)N[C@@H](C)C(=O)OCc2nc(-c3ccc(OC)c(OC)c3)no2)cc1. The second-order valence-electron chi connectivity index (χ2n) is 6.71. The Morgan fingerprint density at radius 3 is 2.36 bits per heavy atom. The summed E-state index contributed by atoms with van der Waals surface area (Å²) in [6.07, 6.45) is 0. The molecule has 0 radical (unpaired) electrons. The van der Waals surface area contributed by atoms with Crippen molar-refractivity contribution in [3.8, 4) is 28.6 Å². The zero-order valence-corrected chi connectivity index (χ0v) is 19.2. The minimum atomic E-state index is -3.94. The Bertz CT molecular complexity index is 1210. The third-order valence-electron chi connectivity index (χ3n) is 4.50. The quantitative estimate of drug-likeness (QED) is 0.432. The first-order valence-corrected chi connectivity index (χ1v) is 11.1. The van der Waals surface area contributed by atoms with Gasteiger partial charge in [-0.2, -0.15) is 9.71 Å². The zero-order valence-electron chi connectivity index (χ0n) is 18.4. The lowest BCUT2D eigenvalue weighted by Crippen LogP contribution is -2.39. The molecule has 2 aromatic carbocycles. The van der Waals surface area contributed by atoms with E-state index in [1.165, 1.54) is 52.5 Å². The first-order chi connectivity index (χ1) is 15.8. The van der Waals surface area contributed by atoms with Gasteiger partial charge >= 0.3 is 5.97 Å². The molecule has 0 aliphatic carbocycles. The van der Waals surface area contributed by atoms with Gasteiger partial charge in [0, 0.05) is 5.56 Å². The van der Waals surface area contributed by atoms with E-state index in [1.54, 1.807) is 18.2 Å². The third kappa shape index (κ3) is 5.79. The molecule has 0 fully saturated rings. The van der Waals surface area contributed by atoms with Gasteiger partial charge in [-0.1, -0.05) is 5.16 Å². The average Bonchev–Trinajstić information content (AvgIpc) is 3.30. The number of nitrogens with one attached hydrogen (secondary N) is 1. The van der Waals surface area contributed by atoms with Crippen LogP contribution in [0.3, 0.4) is 0 Å². The number of methoxy groups -OCH3 is 3. The largest absolute Gasteiger partial charge is 0.497 e. The van der Waals surface area contributed by atoms with Gasteiger partial charge in [0.2, 0.25) is 15.8 Å². The number of hydrogen-bond acceptors (Lipinski definition) is 10. The van der Waals surface area contributed by atoms with E-state index in [9.17, 15) is 13.2 Å². The van der Waals surface area contributed by atoms with Crippen LogP contribution in [0.4, 0.5) is 0 Å². The number of carbonyl (C=O) groups excluding carboxylic acids is 1. The highest BCUT2D eigenvalue weighted by molar-refractivity contribution is 7.89. The molecule has 0 amide bonds. The molecule has 1 atom stereocenters. The van der Waals surface area contributed by atoms with Gasteiger partial charge in [0.25, 0.3) is 5.89 Å². The smallest absolute Gasteiger partial charge is 0.324 e. The Labute approximate surface area is 190 Å². The van der Waals surface area contributed by atoms with Gasteiger partial charge in [0.1, 0.15) is 11.8 Å². The summed E-state index contributed by atoms with van der Waals surface area (Å²) < 4.78 is 52.9. The Morgan fingerprint density at radius 2 is 1.73 bits per heavy atom. The average molecular weight is 477 g/mol. The van der Waals surface area contributed by atoms with Crippen LogP contribution >= 0.6 is 0 Å². The van der Waals surface area contributed by atoms with Gasteiger partial charge in [0.05, 0.1) is 26.2 Å². The summed E-state index contributed by atoms with van der Waals surface area (Å²) in [5, 5.41) is 3.86. The number of sulfonamides is 1. The van der Waals surface area contributed by atoms with Crippen LogP contribution in [0.5, 0.6) is 17.2 Å². The third-order valence-corrected chi connectivity index (χ3v) is 6.06. The molecule has 12 heteroatoms. The summed E-state index contributed by atoms with van der Waals surface area (Å²) in [6.45, 7) is 1.04. The van der Waals surface area contributed by atoms with Crippen molar-refractivity contribution < 1.29 is 36.7 Å².